The lowest BCUT2D eigenvalue weighted by molar-refractivity contribution is 0.0951. The third-order valence-corrected chi connectivity index (χ3v) is 5.74. The molecule has 0 aliphatic carbocycles. The number of nitrogens with zero attached hydrogens (tertiary/aromatic N) is 3. The highest BCUT2D eigenvalue weighted by molar-refractivity contribution is 5.97. The van der Waals surface area contributed by atoms with Crippen LogP contribution in [0.25, 0.3) is 10.9 Å². The summed E-state index contributed by atoms with van der Waals surface area (Å²) < 4.78 is 2.74. The standard InChI is InChI=1S/C22H32N4O3/c1-3-4-15-26-21(28)18-10-9-17(16-19(18)24(2)22(26)29)20(27)23-11-8-14-25-12-6-5-7-13-25/h9-10,16H,3-8,11-15H2,1-2H3,(H,23,27). The zero-order chi connectivity index (χ0) is 20.8. The first-order valence-electron chi connectivity index (χ1n) is 10.8. The van der Waals surface area contributed by atoms with Gasteiger partial charge in [0.2, 0.25) is 0 Å². The van der Waals surface area contributed by atoms with E-state index in [1.165, 1.54) is 28.4 Å². The van der Waals surface area contributed by atoms with Crippen molar-refractivity contribution in [3.63, 3.8) is 0 Å². The SMILES string of the molecule is CCCCn1c(=O)c2ccc(C(=O)NCCCN3CCCCC3)cc2n(C)c1=O. The second-order valence-electron chi connectivity index (χ2n) is 7.90. The number of carbonyl (C=O) groups excluding carboxylic acids is 1. The van der Waals surface area contributed by atoms with Crippen molar-refractivity contribution in [3.05, 3.63) is 44.6 Å². The van der Waals surface area contributed by atoms with E-state index in [0.29, 0.717) is 29.6 Å². The zero-order valence-corrected chi connectivity index (χ0v) is 17.6. The summed E-state index contributed by atoms with van der Waals surface area (Å²) in [6.45, 7) is 6.37. The van der Waals surface area contributed by atoms with Crippen LogP contribution < -0.4 is 16.6 Å². The van der Waals surface area contributed by atoms with E-state index in [2.05, 4.69) is 10.2 Å². The van der Waals surface area contributed by atoms with E-state index in [0.717, 1.165) is 38.9 Å². The highest BCUT2D eigenvalue weighted by Gasteiger charge is 2.14. The molecule has 29 heavy (non-hydrogen) atoms. The van der Waals surface area contributed by atoms with Crippen molar-refractivity contribution in [3.8, 4) is 0 Å². The van der Waals surface area contributed by atoms with E-state index in [-0.39, 0.29) is 17.2 Å². The molecule has 2 heterocycles. The maximum absolute atomic E-state index is 12.7. The number of piperidine rings is 1. The molecule has 0 atom stereocenters. The zero-order valence-electron chi connectivity index (χ0n) is 17.6. The minimum absolute atomic E-state index is 0.173. The highest BCUT2D eigenvalue weighted by Crippen LogP contribution is 2.12. The number of aromatic nitrogens is 2. The Morgan fingerprint density at radius 3 is 2.55 bits per heavy atom. The van der Waals surface area contributed by atoms with Crippen LogP contribution in [0.2, 0.25) is 0 Å². The molecular formula is C22H32N4O3. The van der Waals surface area contributed by atoms with Crippen molar-refractivity contribution in [1.29, 1.82) is 0 Å². The number of carbonyl (C=O) groups is 1. The number of hydrogen-bond acceptors (Lipinski definition) is 4. The van der Waals surface area contributed by atoms with Crippen molar-refractivity contribution in [2.45, 2.75) is 52.0 Å². The van der Waals surface area contributed by atoms with Crippen LogP contribution in [0.15, 0.2) is 27.8 Å². The van der Waals surface area contributed by atoms with Crippen LogP contribution in [0, 0.1) is 0 Å². The first-order chi connectivity index (χ1) is 14.0. The van der Waals surface area contributed by atoms with Crippen LogP contribution in [0.5, 0.6) is 0 Å². The van der Waals surface area contributed by atoms with Gasteiger partial charge in [0.1, 0.15) is 0 Å². The molecule has 0 unspecified atom stereocenters. The number of nitrogens with one attached hydrogen (secondary N) is 1. The normalized spacial score (nSPS) is 15.0. The Labute approximate surface area is 171 Å². The average Bonchev–Trinajstić information content (AvgIpc) is 2.75. The molecule has 158 valence electrons. The Kier molecular flexibility index (Phi) is 7.25. The van der Waals surface area contributed by atoms with E-state index in [1.54, 1.807) is 25.2 Å². The van der Waals surface area contributed by atoms with Crippen LogP contribution >= 0.6 is 0 Å². The molecule has 0 bridgehead atoms. The van der Waals surface area contributed by atoms with Gasteiger partial charge in [-0.25, -0.2) is 4.79 Å². The van der Waals surface area contributed by atoms with Crippen molar-refractivity contribution in [1.82, 2.24) is 19.4 Å². The molecule has 1 aliphatic rings. The summed E-state index contributed by atoms with van der Waals surface area (Å²) >= 11 is 0. The van der Waals surface area contributed by atoms with Crippen molar-refractivity contribution >= 4 is 16.8 Å². The highest BCUT2D eigenvalue weighted by atomic mass is 16.2. The number of likely N-dealkylation sites (tertiary alicyclic amines) is 1. The van der Waals surface area contributed by atoms with Gasteiger partial charge in [0, 0.05) is 25.7 Å². The molecule has 1 saturated heterocycles. The number of hydrogen-bond donors (Lipinski definition) is 1. The van der Waals surface area contributed by atoms with Gasteiger partial charge in [-0.3, -0.25) is 18.7 Å². The van der Waals surface area contributed by atoms with Gasteiger partial charge in [-0.1, -0.05) is 19.8 Å². The summed E-state index contributed by atoms with van der Waals surface area (Å²) in [4.78, 5) is 40.2. The van der Waals surface area contributed by atoms with Gasteiger partial charge in [0.05, 0.1) is 10.9 Å². The van der Waals surface area contributed by atoms with E-state index in [4.69, 9.17) is 0 Å². The average molecular weight is 401 g/mol. The van der Waals surface area contributed by atoms with Crippen LogP contribution in [0.3, 0.4) is 0 Å². The van der Waals surface area contributed by atoms with Gasteiger partial charge in [0.25, 0.3) is 11.5 Å². The molecule has 1 amide bonds. The van der Waals surface area contributed by atoms with Gasteiger partial charge >= 0.3 is 5.69 Å². The molecule has 0 radical (unpaired) electrons. The molecular weight excluding hydrogens is 368 g/mol. The third-order valence-electron chi connectivity index (χ3n) is 5.74. The number of rotatable bonds is 8. The summed E-state index contributed by atoms with van der Waals surface area (Å²) in [6, 6.07) is 4.96. The summed E-state index contributed by atoms with van der Waals surface area (Å²) in [6.07, 6.45) is 6.45. The predicted octanol–water partition coefficient (Wildman–Crippen LogP) is 2.11. The fourth-order valence-electron chi connectivity index (χ4n) is 3.95. The minimum Gasteiger partial charge on any atom is -0.352 e. The van der Waals surface area contributed by atoms with E-state index >= 15 is 0 Å². The van der Waals surface area contributed by atoms with E-state index < -0.39 is 0 Å². The second-order valence-corrected chi connectivity index (χ2v) is 7.90. The van der Waals surface area contributed by atoms with Gasteiger partial charge in [-0.15, -0.1) is 0 Å². The molecule has 2 aromatic rings. The minimum atomic E-state index is -0.338. The van der Waals surface area contributed by atoms with Crippen LogP contribution in [-0.4, -0.2) is 46.1 Å². The predicted molar refractivity (Wildman–Crippen MR) is 116 cm³/mol. The lowest BCUT2D eigenvalue weighted by Crippen LogP contribution is -2.39. The van der Waals surface area contributed by atoms with Gasteiger partial charge < -0.3 is 10.2 Å². The summed E-state index contributed by atoms with van der Waals surface area (Å²) in [5.74, 6) is -0.173. The van der Waals surface area contributed by atoms with Gasteiger partial charge in [-0.2, -0.15) is 0 Å². The Balaban J connectivity index is 1.70. The Morgan fingerprint density at radius 1 is 1.07 bits per heavy atom. The number of amides is 1. The molecule has 7 heteroatoms. The lowest BCUT2D eigenvalue weighted by atomic mass is 10.1. The van der Waals surface area contributed by atoms with Crippen molar-refractivity contribution in [2.24, 2.45) is 7.05 Å². The van der Waals surface area contributed by atoms with Crippen molar-refractivity contribution in [2.75, 3.05) is 26.2 Å². The summed E-state index contributed by atoms with van der Waals surface area (Å²) in [5, 5.41) is 3.42. The number of aryl methyl sites for hydroxylation is 1. The fraction of sp³-hybridized carbons (Fsp3) is 0.591. The van der Waals surface area contributed by atoms with Crippen molar-refractivity contribution < 1.29 is 4.79 Å². The lowest BCUT2D eigenvalue weighted by Gasteiger charge is -2.26. The smallest absolute Gasteiger partial charge is 0.331 e. The second kappa shape index (κ2) is 9.87. The Bertz CT molecular complexity index is 970. The van der Waals surface area contributed by atoms with Crippen LogP contribution in [0.4, 0.5) is 0 Å². The van der Waals surface area contributed by atoms with Gasteiger partial charge in [0.15, 0.2) is 0 Å². The van der Waals surface area contributed by atoms with E-state index in [9.17, 15) is 14.4 Å². The molecule has 0 saturated carbocycles. The van der Waals surface area contributed by atoms with Crippen LogP contribution in [0.1, 0.15) is 55.8 Å². The number of benzene rings is 1. The molecule has 7 nitrogen and oxygen atoms in total. The van der Waals surface area contributed by atoms with Gasteiger partial charge in [-0.05, 0) is 63.5 Å². The topological polar surface area (TPSA) is 76.3 Å². The Morgan fingerprint density at radius 2 is 1.83 bits per heavy atom. The monoisotopic (exact) mass is 400 g/mol. The molecule has 3 rings (SSSR count). The van der Waals surface area contributed by atoms with Crippen LogP contribution in [-0.2, 0) is 13.6 Å². The number of fused-ring (bicyclic) bond motifs is 1. The summed E-state index contributed by atoms with van der Waals surface area (Å²) in [7, 11) is 1.65. The number of unbranched alkanes of at least 4 members (excludes halogenated alkanes) is 1. The maximum Gasteiger partial charge on any atom is 0.331 e. The molecule has 1 fully saturated rings. The first-order valence-corrected chi connectivity index (χ1v) is 10.8. The molecule has 1 aromatic heterocycles. The largest absolute Gasteiger partial charge is 0.352 e. The fourth-order valence-corrected chi connectivity index (χ4v) is 3.95. The first kappa shape index (κ1) is 21.3. The molecule has 1 aliphatic heterocycles. The molecule has 0 spiro atoms. The third kappa shape index (κ3) is 4.96. The maximum atomic E-state index is 12.7. The van der Waals surface area contributed by atoms with E-state index in [1.807, 2.05) is 6.92 Å². The summed E-state index contributed by atoms with van der Waals surface area (Å²) in [5.41, 5.74) is 0.338. The molecule has 1 N–H and O–H groups in total. The molecule has 1 aromatic carbocycles. The quantitative estimate of drug-likeness (QED) is 0.689. The Hall–Kier alpha value is -2.41.